The maximum atomic E-state index is 5.51. The standard InChI is InChI=1S/C68H127N23/c1-45-71-51(73-53(72-45)86(23)46-34-59(2,3)80-60(4,5)35-46)69-30-28-32-85(22)44-91(58-78-56(89(26)49-40-65(14,15)83-66(16,17)41-49)77-57(79-58)90(27)50-42-67(18,19)84-68(20,21)43-50)33-29-31-70-52-74-54(87(24)47-36-61(6,7)81-62(8,9)37-47)76-55(75-52)88(25)48-38-63(10,11)82-64(12,13)39-48/h46-50,80-84H,28-44H2,1-27H3,(H,69,71,72,73)(H,70,74,75,76). The summed E-state index contributed by atoms with van der Waals surface area (Å²) in [6.45, 7) is 51.4. The van der Waals surface area contributed by atoms with Crippen LogP contribution in [0.25, 0.3) is 0 Å². The highest BCUT2D eigenvalue weighted by atomic mass is 15.4. The van der Waals surface area contributed by atoms with Gasteiger partial charge in [0.2, 0.25) is 47.6 Å². The highest BCUT2D eigenvalue weighted by Crippen LogP contribution is 2.39. The molecule has 3 aromatic heterocycles. The monoisotopic (exact) mass is 1270 g/mol. The second kappa shape index (κ2) is 26.4. The molecule has 0 aliphatic carbocycles. The number of aromatic nitrogens is 9. The Morgan fingerprint density at radius 3 is 0.835 bits per heavy atom. The summed E-state index contributed by atoms with van der Waals surface area (Å²) >= 11 is 0. The van der Waals surface area contributed by atoms with E-state index >= 15 is 0 Å². The highest BCUT2D eigenvalue weighted by molar-refractivity contribution is 5.49. The zero-order chi connectivity index (χ0) is 67.5. The number of hydrogen-bond donors (Lipinski definition) is 7. The van der Waals surface area contributed by atoms with Crippen LogP contribution in [0, 0.1) is 6.92 Å². The van der Waals surface area contributed by atoms with Gasteiger partial charge in [0.05, 0.1) is 6.67 Å². The largest absolute Gasteiger partial charge is 0.354 e. The quantitative estimate of drug-likeness (QED) is 0.0348. The van der Waals surface area contributed by atoms with Crippen LogP contribution in [0.5, 0.6) is 0 Å². The second-order valence-corrected chi connectivity index (χ2v) is 35.4. The first-order valence-electron chi connectivity index (χ1n) is 34.4. The Hall–Kier alpha value is -4.81. The predicted molar refractivity (Wildman–Crippen MR) is 379 cm³/mol. The van der Waals surface area contributed by atoms with Crippen LogP contribution in [0.4, 0.5) is 47.6 Å². The molecule has 0 aromatic carbocycles. The Balaban J connectivity index is 1.08. The fourth-order valence-corrected chi connectivity index (χ4v) is 17.4. The molecule has 0 bridgehead atoms. The molecular weight excluding hydrogens is 1140 g/mol. The van der Waals surface area contributed by atoms with Crippen molar-refractivity contribution in [1.29, 1.82) is 0 Å². The van der Waals surface area contributed by atoms with Crippen LogP contribution in [-0.2, 0) is 0 Å². The summed E-state index contributed by atoms with van der Waals surface area (Å²) in [7, 11) is 13.0. The molecule has 0 atom stereocenters. The van der Waals surface area contributed by atoms with E-state index in [4.69, 9.17) is 44.9 Å². The average Bonchev–Trinajstić information content (AvgIpc) is 0.872. The van der Waals surface area contributed by atoms with Gasteiger partial charge in [-0.05, 0) is 229 Å². The van der Waals surface area contributed by atoms with E-state index in [0.717, 1.165) is 83.6 Å². The van der Waals surface area contributed by atoms with Gasteiger partial charge in [0.15, 0.2) is 0 Å². The average molecular weight is 1270 g/mol. The van der Waals surface area contributed by atoms with Gasteiger partial charge >= 0.3 is 0 Å². The Labute approximate surface area is 550 Å². The van der Waals surface area contributed by atoms with Crippen LogP contribution in [0.3, 0.4) is 0 Å². The van der Waals surface area contributed by atoms with Gasteiger partial charge in [-0.1, -0.05) is 0 Å². The first-order chi connectivity index (χ1) is 41.7. The third kappa shape index (κ3) is 19.7. The Bertz CT molecular complexity index is 2730. The van der Waals surface area contributed by atoms with Crippen molar-refractivity contribution in [1.82, 2.24) is 76.3 Å². The molecule has 0 amide bonds. The molecule has 91 heavy (non-hydrogen) atoms. The molecule has 0 unspecified atom stereocenters. The number of nitrogens with zero attached hydrogens (tertiary/aromatic N) is 16. The molecule has 5 aliphatic heterocycles. The van der Waals surface area contributed by atoms with Crippen LogP contribution in [0.15, 0.2) is 0 Å². The van der Waals surface area contributed by atoms with Crippen LogP contribution in [-0.4, -0.2) is 210 Å². The topological polar surface area (TPSA) is 223 Å². The van der Waals surface area contributed by atoms with Crippen molar-refractivity contribution in [3.63, 3.8) is 0 Å². The minimum atomic E-state index is -0.0744. The lowest BCUT2D eigenvalue weighted by Crippen LogP contribution is -2.62. The zero-order valence-electron chi connectivity index (χ0n) is 62.1. The lowest BCUT2D eigenvalue weighted by molar-refractivity contribution is 0.159. The molecule has 7 N–H and O–H groups in total. The molecule has 0 saturated carbocycles. The third-order valence-electron chi connectivity index (χ3n) is 19.7. The van der Waals surface area contributed by atoms with Gasteiger partial charge in [-0.15, -0.1) is 0 Å². The summed E-state index contributed by atoms with van der Waals surface area (Å²) < 4.78 is 0. The first kappa shape index (κ1) is 72.0. The van der Waals surface area contributed by atoms with E-state index < -0.39 is 0 Å². The molecule has 8 heterocycles. The van der Waals surface area contributed by atoms with Crippen molar-refractivity contribution in [3.8, 4) is 0 Å². The summed E-state index contributed by atoms with van der Waals surface area (Å²) in [6.07, 6.45) is 11.3. The van der Waals surface area contributed by atoms with Gasteiger partial charge in [0.25, 0.3) is 0 Å². The van der Waals surface area contributed by atoms with E-state index in [-0.39, 0.29) is 85.6 Å². The third-order valence-corrected chi connectivity index (χ3v) is 19.7. The number of hydrogen-bond acceptors (Lipinski definition) is 23. The highest BCUT2D eigenvalue weighted by Gasteiger charge is 2.45. The van der Waals surface area contributed by atoms with Crippen molar-refractivity contribution in [2.45, 2.75) is 308 Å². The SMILES string of the molecule is Cc1nc(NCCCN(C)CN(CCCNc2nc(N(C)C3CC(C)(C)NC(C)(C)C3)nc(N(C)C3CC(C)(C)NC(C)(C)C3)n2)c2nc(N(C)C3CC(C)(C)NC(C)(C)C3)nc(N(C)C3CC(C)(C)NC(C)(C)C3)n2)nc(N(C)C2CC(C)(C)NC(C)(C)C2)n1. The van der Waals surface area contributed by atoms with Crippen LogP contribution in [0.1, 0.15) is 221 Å². The summed E-state index contributed by atoms with van der Waals surface area (Å²) in [5, 5.41) is 26.7. The van der Waals surface area contributed by atoms with Crippen molar-refractivity contribution in [2.24, 2.45) is 0 Å². The Kier molecular flexibility index (Phi) is 20.9. The normalized spacial score (nSPS) is 23.5. The van der Waals surface area contributed by atoms with E-state index in [1.165, 1.54) is 0 Å². The Morgan fingerprint density at radius 2 is 0.549 bits per heavy atom. The van der Waals surface area contributed by atoms with Gasteiger partial charge < -0.3 is 66.6 Å². The van der Waals surface area contributed by atoms with Crippen LogP contribution in [0.2, 0.25) is 0 Å². The second-order valence-electron chi connectivity index (χ2n) is 35.4. The minimum Gasteiger partial charge on any atom is -0.354 e. The molecule has 23 heteroatoms. The molecule has 5 fully saturated rings. The summed E-state index contributed by atoms with van der Waals surface area (Å²) in [5.41, 5.74) is -0.513. The maximum Gasteiger partial charge on any atom is 0.233 e. The maximum absolute atomic E-state index is 5.51. The zero-order valence-corrected chi connectivity index (χ0v) is 62.1. The number of anilines is 8. The van der Waals surface area contributed by atoms with Gasteiger partial charge in [-0.2, -0.15) is 44.9 Å². The van der Waals surface area contributed by atoms with Gasteiger partial charge in [-0.3, -0.25) is 4.90 Å². The molecule has 0 radical (unpaired) electrons. The predicted octanol–water partition coefficient (Wildman–Crippen LogP) is 8.98. The van der Waals surface area contributed by atoms with Crippen molar-refractivity contribution in [2.75, 3.05) is 115 Å². The fourth-order valence-electron chi connectivity index (χ4n) is 17.4. The Morgan fingerprint density at radius 1 is 0.319 bits per heavy atom. The summed E-state index contributed by atoms with van der Waals surface area (Å²) in [6, 6.07) is 1.14. The van der Waals surface area contributed by atoms with Crippen molar-refractivity contribution in [3.05, 3.63) is 5.82 Å². The fraction of sp³-hybridized carbons (Fsp3) is 0.868. The van der Waals surface area contributed by atoms with Gasteiger partial charge in [0.1, 0.15) is 5.82 Å². The summed E-state index contributed by atoms with van der Waals surface area (Å²) in [4.78, 5) is 63.1. The lowest BCUT2D eigenvalue weighted by atomic mass is 9.79. The molecule has 8 rings (SSSR count). The lowest BCUT2D eigenvalue weighted by Gasteiger charge is -2.49. The smallest absolute Gasteiger partial charge is 0.233 e. The molecule has 514 valence electrons. The molecule has 23 nitrogen and oxygen atoms in total. The van der Waals surface area contributed by atoms with E-state index in [2.05, 4.69) is 252 Å². The molecule has 5 saturated heterocycles. The van der Waals surface area contributed by atoms with E-state index in [1.54, 1.807) is 0 Å². The number of nitrogens with one attached hydrogen (secondary N) is 7. The van der Waals surface area contributed by atoms with E-state index in [0.29, 0.717) is 79.7 Å². The number of piperidine rings is 5. The van der Waals surface area contributed by atoms with E-state index in [1.807, 2.05) is 6.92 Å². The number of aryl methyl sites for hydroxylation is 1. The first-order valence-corrected chi connectivity index (χ1v) is 34.4. The summed E-state index contributed by atoms with van der Waals surface area (Å²) in [5.74, 6) is 6.01. The molecule has 0 spiro atoms. The van der Waals surface area contributed by atoms with Crippen molar-refractivity contribution < 1.29 is 0 Å². The minimum absolute atomic E-state index is 0.00350. The van der Waals surface area contributed by atoms with Gasteiger partial charge in [-0.25, -0.2) is 0 Å². The van der Waals surface area contributed by atoms with Crippen molar-refractivity contribution >= 4 is 47.6 Å². The van der Waals surface area contributed by atoms with E-state index in [9.17, 15) is 0 Å². The van der Waals surface area contributed by atoms with Crippen LogP contribution >= 0.6 is 0 Å². The number of rotatable bonds is 23. The van der Waals surface area contributed by atoms with Crippen LogP contribution < -0.4 is 66.6 Å². The molecule has 3 aromatic rings. The molecule has 5 aliphatic rings. The van der Waals surface area contributed by atoms with Gasteiger partial charge in [0, 0.05) is 147 Å². The molecular formula is C68H127N23.